The second kappa shape index (κ2) is 34.6. The maximum atomic E-state index is 7.63. The Bertz CT molecular complexity index is 2730. The van der Waals surface area contributed by atoms with E-state index in [1.54, 1.807) is 42.1 Å². The minimum absolute atomic E-state index is 0.0556. The van der Waals surface area contributed by atoms with E-state index in [9.17, 15) is 0 Å². The number of methoxy groups -OCH3 is 2. The monoisotopic (exact) mass is 1010 g/mol. The van der Waals surface area contributed by atoms with Crippen molar-refractivity contribution in [1.29, 1.82) is 0 Å². The third-order valence-corrected chi connectivity index (χ3v) is 13.0. The highest BCUT2D eigenvalue weighted by molar-refractivity contribution is 6.09. The second-order valence-corrected chi connectivity index (χ2v) is 23.0. The van der Waals surface area contributed by atoms with Crippen molar-refractivity contribution in [1.82, 2.24) is 9.13 Å². The van der Waals surface area contributed by atoms with Crippen LogP contribution in [0.4, 0.5) is 0 Å². The molecule has 0 N–H and O–H groups in total. The van der Waals surface area contributed by atoms with Gasteiger partial charge in [-0.2, -0.15) is 0 Å². The molecule has 74 heavy (non-hydrogen) atoms. The molecule has 0 saturated heterocycles. The highest BCUT2D eigenvalue weighted by atomic mass is 16.5. The van der Waals surface area contributed by atoms with Crippen molar-refractivity contribution in [2.24, 2.45) is 37.2 Å². The van der Waals surface area contributed by atoms with Gasteiger partial charge in [0.25, 0.3) is 0 Å². The van der Waals surface area contributed by atoms with Crippen LogP contribution in [0.3, 0.4) is 0 Å². The Kier molecular flexibility index (Phi) is 26.5. The van der Waals surface area contributed by atoms with Crippen LogP contribution in [0.15, 0.2) is 115 Å². The molecular weight excluding hydrogens is 901 g/mol. The molecule has 0 radical (unpaired) electrons. The van der Waals surface area contributed by atoms with Crippen LogP contribution in [0, 0.1) is 35.5 Å². The van der Waals surface area contributed by atoms with E-state index in [0.717, 1.165) is 31.4 Å². The fraction of sp³-hybridized carbons (Fsp3) is 0.543. The molecule has 0 aliphatic heterocycles. The Morgan fingerprint density at radius 3 is 1.12 bits per heavy atom. The zero-order valence-corrected chi connectivity index (χ0v) is 50.7. The summed E-state index contributed by atoms with van der Waals surface area (Å²) in [6.45, 7) is 32.0. The van der Waals surface area contributed by atoms with Gasteiger partial charge in [-0.25, -0.2) is 0 Å². The fourth-order valence-electron chi connectivity index (χ4n) is 7.96. The lowest BCUT2D eigenvalue weighted by Crippen LogP contribution is -2.10. The lowest BCUT2D eigenvalue weighted by atomic mass is 9.85. The molecule has 2 aromatic heterocycles. The van der Waals surface area contributed by atoms with Gasteiger partial charge in [0.2, 0.25) is 0 Å². The summed E-state index contributed by atoms with van der Waals surface area (Å²) in [5.41, 5.74) is 8.15. The Morgan fingerprint density at radius 2 is 0.865 bits per heavy atom. The molecule has 0 amide bonds. The first-order valence-corrected chi connectivity index (χ1v) is 27.2. The SMILES string of the molecule is C#CC.COC.COc1ccccc1.Cn1c2ccc(C(C)(C)C)cc2c2cc(C(C)(C)C)ccc21.Cn1c2ccccc2c2ccccc21.[2H]C([2H])(C)C(C)(C)C.[2H]C([2H])(C)C(C)C.[2H]C1(C)CCCC1.[2H]C1(C)CCCCC1. The molecule has 0 unspecified atom stereocenters. The Morgan fingerprint density at radius 1 is 0.568 bits per heavy atom. The zero-order valence-electron chi connectivity index (χ0n) is 56.7. The molecule has 5 aromatic carbocycles. The second-order valence-electron chi connectivity index (χ2n) is 23.0. The third kappa shape index (κ3) is 24.6. The summed E-state index contributed by atoms with van der Waals surface area (Å²) in [4.78, 5) is 0. The fourth-order valence-corrected chi connectivity index (χ4v) is 7.96. The van der Waals surface area contributed by atoms with Crippen LogP contribution in [0.5, 0.6) is 5.75 Å². The summed E-state index contributed by atoms with van der Waals surface area (Å²) >= 11 is 0. The number of para-hydroxylation sites is 3. The van der Waals surface area contributed by atoms with Crippen molar-refractivity contribution in [2.75, 3.05) is 21.3 Å². The number of benzene rings is 5. The molecule has 2 aliphatic carbocycles. The normalized spacial score (nSPS) is 15.9. The quantitative estimate of drug-likeness (QED) is 0.161. The number of ether oxygens (including phenoxy) is 2. The Balaban J connectivity index is 0.000000482. The summed E-state index contributed by atoms with van der Waals surface area (Å²) in [6.07, 6.45) is 13.5. The number of aryl methyl sites for hydroxylation is 2. The van der Waals surface area contributed by atoms with Gasteiger partial charge in [-0.3, -0.25) is 0 Å². The number of fused-ring (bicyclic) bond motifs is 6. The predicted molar refractivity (Wildman–Crippen MR) is 333 cm³/mol. The van der Waals surface area contributed by atoms with Gasteiger partial charge < -0.3 is 18.6 Å². The standard InChI is InChI=1S/C21H27N.C13H11N.C7H8O.C7H14.C6H12.C6H14.C5H12.C3H4.C2H6O/c1-20(2,3)14-8-10-18-16(12-14)17-13-15(21(4,5)6)9-11-19(17)22(18)7;1-14-12-8-4-2-6-10(12)11-7-3-5-9-13(11)14;1-8-7-5-3-2-4-6-7;1-7-5-3-2-4-6-7;1-6-4-2-3-5-6;1-5-6(2,3)4;1-4-5(2)3;2*1-3-2/h8-13H,1-7H3;2-9H,1H3;2-6H,1H3;7H,2-6H2,1H3;6H,2-5H2,1H3;5H2,1-4H3;5H,4H2,1-3H3;1H,2H3;1-2H3/i;;;7D;6D;5D2;4D2;;. The minimum Gasteiger partial charge on any atom is -0.497 e. The molecule has 9 rings (SSSR count). The molecule has 4 heteroatoms. The molecule has 2 saturated carbocycles. The van der Waals surface area contributed by atoms with E-state index in [-0.39, 0.29) is 34.0 Å². The Labute approximate surface area is 463 Å². The average Bonchev–Trinajstić information content (AvgIpc) is 4.01. The van der Waals surface area contributed by atoms with Crippen LogP contribution >= 0.6 is 0 Å². The molecule has 7 aromatic rings. The maximum Gasteiger partial charge on any atom is 0.118 e. The topological polar surface area (TPSA) is 28.3 Å². The number of nitrogens with zero attached hydrogens (tertiary/aromatic N) is 2. The van der Waals surface area contributed by atoms with Gasteiger partial charge in [-0.15, -0.1) is 12.3 Å². The first kappa shape index (κ1) is 56.7. The number of aromatic nitrogens is 2. The molecule has 410 valence electrons. The van der Waals surface area contributed by atoms with Gasteiger partial charge in [-0.1, -0.05) is 241 Å². The first-order chi connectivity index (χ1) is 36.8. The average molecular weight is 1020 g/mol. The van der Waals surface area contributed by atoms with Crippen molar-refractivity contribution in [3.05, 3.63) is 126 Å². The largest absolute Gasteiger partial charge is 0.497 e. The minimum atomic E-state index is -1.06. The Hall–Kier alpha value is -4.98. The molecule has 2 aliphatic rings. The van der Waals surface area contributed by atoms with Crippen LogP contribution < -0.4 is 4.74 Å². The van der Waals surface area contributed by atoms with Crippen molar-refractivity contribution in [3.63, 3.8) is 0 Å². The molecular formula is C70H108N2O2. The van der Waals surface area contributed by atoms with Gasteiger partial charge in [0, 0.05) is 80.2 Å². The van der Waals surface area contributed by atoms with Crippen molar-refractivity contribution >= 4 is 43.6 Å². The van der Waals surface area contributed by atoms with Crippen LogP contribution in [0.2, 0.25) is 0 Å². The third-order valence-electron chi connectivity index (χ3n) is 13.0. The van der Waals surface area contributed by atoms with E-state index in [2.05, 4.69) is 167 Å². The molecule has 0 atom stereocenters. The predicted octanol–water partition coefficient (Wildman–Crippen LogP) is 21.1. The number of hydrogen-bond donors (Lipinski definition) is 0. The van der Waals surface area contributed by atoms with E-state index in [4.69, 9.17) is 13.0 Å². The number of hydrogen-bond acceptors (Lipinski definition) is 2. The van der Waals surface area contributed by atoms with E-state index >= 15 is 0 Å². The molecule has 0 spiro atoms. The van der Waals surface area contributed by atoms with Crippen LogP contribution in [-0.2, 0) is 29.7 Å². The molecule has 2 fully saturated rings. The van der Waals surface area contributed by atoms with Gasteiger partial charge in [-0.05, 0) is 101 Å². The number of rotatable bonds is 2. The van der Waals surface area contributed by atoms with Gasteiger partial charge in [0.05, 0.1) is 7.11 Å². The first-order valence-electron chi connectivity index (χ1n) is 30.2. The van der Waals surface area contributed by atoms with Gasteiger partial charge in [0.15, 0.2) is 0 Å². The van der Waals surface area contributed by atoms with Crippen LogP contribution in [0.25, 0.3) is 43.6 Å². The summed E-state index contributed by atoms with van der Waals surface area (Å²) in [5, 5.41) is 5.42. The van der Waals surface area contributed by atoms with Gasteiger partial charge in [0.1, 0.15) is 5.75 Å². The zero-order chi connectivity index (χ0) is 61.5. The maximum absolute atomic E-state index is 7.63. The molecule has 0 bridgehead atoms. The summed E-state index contributed by atoms with van der Waals surface area (Å²) in [7, 11) is 9.19. The lowest BCUT2D eigenvalue weighted by Gasteiger charge is -2.19. The van der Waals surface area contributed by atoms with Gasteiger partial charge >= 0.3 is 0 Å². The van der Waals surface area contributed by atoms with Crippen molar-refractivity contribution in [2.45, 2.75) is 192 Å². The lowest BCUT2D eigenvalue weighted by molar-refractivity contribution is 0.277. The van der Waals surface area contributed by atoms with E-state index in [1.807, 2.05) is 78.8 Å². The van der Waals surface area contributed by atoms with E-state index < -0.39 is 12.7 Å². The van der Waals surface area contributed by atoms with Crippen molar-refractivity contribution in [3.8, 4) is 18.1 Å². The van der Waals surface area contributed by atoms with Crippen LogP contribution in [-0.4, -0.2) is 30.5 Å². The summed E-state index contributed by atoms with van der Waals surface area (Å²) < 4.78 is 57.4. The highest BCUT2D eigenvalue weighted by Crippen LogP contribution is 2.35. The van der Waals surface area contributed by atoms with Crippen LogP contribution in [0.1, 0.15) is 201 Å². The van der Waals surface area contributed by atoms with Crippen molar-refractivity contribution < 1.29 is 17.7 Å². The summed E-state index contributed by atoms with van der Waals surface area (Å²) in [6, 6.07) is 40.6. The molecule has 4 nitrogen and oxygen atoms in total. The number of terminal acetylenes is 1. The molecule has 2 heterocycles. The van der Waals surface area contributed by atoms with E-state index in [0.29, 0.717) is 0 Å². The smallest absolute Gasteiger partial charge is 0.118 e. The highest BCUT2D eigenvalue weighted by Gasteiger charge is 2.19. The van der Waals surface area contributed by atoms with E-state index in [1.165, 1.54) is 86.8 Å². The summed E-state index contributed by atoms with van der Waals surface area (Å²) in [5.74, 6) is 3.16.